The van der Waals surface area contributed by atoms with E-state index < -0.39 is 0 Å². The van der Waals surface area contributed by atoms with Crippen molar-refractivity contribution in [2.45, 2.75) is 78.4 Å². The van der Waals surface area contributed by atoms with Gasteiger partial charge in [0.05, 0.1) is 0 Å². The quantitative estimate of drug-likeness (QED) is 0.828. The van der Waals surface area contributed by atoms with Crippen LogP contribution in [-0.2, 0) is 0 Å². The number of hydrogen-bond acceptors (Lipinski definition) is 2. The van der Waals surface area contributed by atoms with Crippen LogP contribution in [0.15, 0.2) is 0 Å². The zero-order valence-corrected chi connectivity index (χ0v) is 13.1. The summed E-state index contributed by atoms with van der Waals surface area (Å²) in [5.41, 5.74) is -0.0410. The summed E-state index contributed by atoms with van der Waals surface area (Å²) in [5.74, 6) is 0. The van der Waals surface area contributed by atoms with Gasteiger partial charge in [-0.25, -0.2) is 4.79 Å². The molecule has 0 aromatic heterocycles. The monoisotopic (exact) mass is 270 g/mol. The van der Waals surface area contributed by atoms with Crippen molar-refractivity contribution in [3.05, 3.63) is 0 Å². The Kier molecular flexibility index (Phi) is 5.65. The molecule has 0 bridgehead atoms. The van der Waals surface area contributed by atoms with Gasteiger partial charge in [0.1, 0.15) is 0 Å². The molecule has 3 atom stereocenters. The number of urea groups is 1. The highest BCUT2D eigenvalue weighted by molar-refractivity contribution is 5.75. The maximum atomic E-state index is 12.5. The molecule has 1 rings (SSSR count). The van der Waals surface area contributed by atoms with Crippen LogP contribution in [0.1, 0.15) is 60.3 Å². The Labute approximate surface area is 117 Å². The molecule has 112 valence electrons. The summed E-state index contributed by atoms with van der Waals surface area (Å²) in [6.07, 6.45) is 3.97. The minimum Gasteiger partial charge on any atom is -0.396 e. The minimum absolute atomic E-state index is 0.00586. The van der Waals surface area contributed by atoms with Crippen molar-refractivity contribution in [3.8, 4) is 0 Å². The Morgan fingerprint density at radius 1 is 1.32 bits per heavy atom. The van der Waals surface area contributed by atoms with Gasteiger partial charge in [-0.2, -0.15) is 0 Å². The highest BCUT2D eigenvalue weighted by Gasteiger charge is 2.32. The molecular formula is C15H30N2O2. The van der Waals surface area contributed by atoms with Crippen LogP contribution in [-0.4, -0.2) is 40.8 Å². The molecule has 3 unspecified atom stereocenters. The fraction of sp³-hybridized carbons (Fsp3) is 0.933. The third-order valence-electron chi connectivity index (χ3n) is 4.19. The maximum absolute atomic E-state index is 12.5. The standard InChI is InChI=1S/C15H30N2O2/c1-11-7-6-8-12(2)17(11)14(19)16-13(9-10-18)15(3,4)5/h11-13,18H,6-10H2,1-5H3,(H,16,19). The average Bonchev–Trinajstić information content (AvgIpc) is 2.27. The van der Waals surface area contributed by atoms with E-state index in [1.807, 2.05) is 4.90 Å². The SMILES string of the molecule is CC1CCCC(C)N1C(=O)NC(CCO)C(C)(C)C. The Bertz CT molecular complexity index is 289. The minimum atomic E-state index is -0.0410. The van der Waals surface area contributed by atoms with Gasteiger partial charge in [-0.3, -0.25) is 0 Å². The number of carbonyl (C=O) groups excluding carboxylic acids is 1. The molecule has 2 N–H and O–H groups in total. The highest BCUT2D eigenvalue weighted by atomic mass is 16.3. The van der Waals surface area contributed by atoms with Crippen LogP contribution in [0.2, 0.25) is 0 Å². The summed E-state index contributed by atoms with van der Waals surface area (Å²) >= 11 is 0. The molecule has 1 saturated heterocycles. The van der Waals surface area contributed by atoms with Crippen LogP contribution in [0.25, 0.3) is 0 Å². The van der Waals surface area contributed by atoms with Gasteiger partial charge >= 0.3 is 6.03 Å². The zero-order chi connectivity index (χ0) is 14.6. The van der Waals surface area contributed by atoms with Crippen molar-refractivity contribution in [1.82, 2.24) is 10.2 Å². The van der Waals surface area contributed by atoms with E-state index >= 15 is 0 Å². The zero-order valence-electron chi connectivity index (χ0n) is 13.1. The Hall–Kier alpha value is -0.770. The second-order valence-electron chi connectivity index (χ2n) is 6.92. The Balaban J connectivity index is 2.70. The van der Waals surface area contributed by atoms with Crippen molar-refractivity contribution in [3.63, 3.8) is 0 Å². The van der Waals surface area contributed by atoms with Crippen molar-refractivity contribution < 1.29 is 9.90 Å². The topological polar surface area (TPSA) is 52.6 Å². The van der Waals surface area contributed by atoms with Crippen molar-refractivity contribution in [2.24, 2.45) is 5.41 Å². The van der Waals surface area contributed by atoms with Gasteiger partial charge in [0, 0.05) is 24.7 Å². The fourth-order valence-electron chi connectivity index (χ4n) is 2.90. The largest absolute Gasteiger partial charge is 0.396 e. The van der Waals surface area contributed by atoms with Gasteiger partial charge in [-0.1, -0.05) is 20.8 Å². The molecule has 0 saturated carbocycles. The first-order chi connectivity index (χ1) is 8.77. The van der Waals surface area contributed by atoms with Gasteiger partial charge in [-0.15, -0.1) is 0 Å². The van der Waals surface area contributed by atoms with Gasteiger partial charge in [0.25, 0.3) is 0 Å². The van der Waals surface area contributed by atoms with E-state index in [2.05, 4.69) is 39.9 Å². The van der Waals surface area contributed by atoms with Crippen molar-refractivity contribution >= 4 is 6.03 Å². The molecule has 1 heterocycles. The molecule has 1 fully saturated rings. The molecule has 0 aliphatic carbocycles. The van der Waals surface area contributed by atoms with Crippen LogP contribution in [0.4, 0.5) is 4.79 Å². The highest BCUT2D eigenvalue weighted by Crippen LogP contribution is 2.25. The summed E-state index contributed by atoms with van der Waals surface area (Å²) < 4.78 is 0. The molecule has 4 nitrogen and oxygen atoms in total. The number of nitrogens with one attached hydrogen (secondary N) is 1. The molecule has 0 radical (unpaired) electrons. The second kappa shape index (κ2) is 6.60. The van der Waals surface area contributed by atoms with Crippen LogP contribution < -0.4 is 5.32 Å². The van der Waals surface area contributed by atoms with Gasteiger partial charge in [0.2, 0.25) is 0 Å². The van der Waals surface area contributed by atoms with E-state index in [9.17, 15) is 4.79 Å². The van der Waals surface area contributed by atoms with Crippen LogP contribution in [0.5, 0.6) is 0 Å². The van der Waals surface area contributed by atoms with E-state index in [-0.39, 0.29) is 24.1 Å². The lowest BCUT2D eigenvalue weighted by Gasteiger charge is -2.41. The van der Waals surface area contributed by atoms with Crippen LogP contribution >= 0.6 is 0 Å². The third-order valence-corrected chi connectivity index (χ3v) is 4.19. The molecule has 2 amide bonds. The average molecular weight is 270 g/mol. The summed E-state index contributed by atoms with van der Waals surface area (Å²) in [6, 6.07) is 0.636. The van der Waals surface area contributed by atoms with Crippen LogP contribution in [0, 0.1) is 5.41 Å². The fourth-order valence-corrected chi connectivity index (χ4v) is 2.90. The van der Waals surface area contributed by atoms with Gasteiger partial charge < -0.3 is 15.3 Å². The van der Waals surface area contributed by atoms with E-state index in [1.54, 1.807) is 0 Å². The Morgan fingerprint density at radius 2 is 1.84 bits per heavy atom. The number of aliphatic hydroxyl groups excluding tert-OH is 1. The van der Waals surface area contributed by atoms with E-state index in [1.165, 1.54) is 6.42 Å². The summed E-state index contributed by atoms with van der Waals surface area (Å²) in [7, 11) is 0. The van der Waals surface area contributed by atoms with Gasteiger partial charge in [-0.05, 0) is 44.9 Å². The number of carbonyl (C=O) groups is 1. The number of hydrogen-bond donors (Lipinski definition) is 2. The smallest absolute Gasteiger partial charge is 0.318 e. The number of likely N-dealkylation sites (tertiary alicyclic amines) is 1. The first-order valence-corrected chi connectivity index (χ1v) is 7.47. The lowest BCUT2D eigenvalue weighted by atomic mass is 9.85. The first kappa shape index (κ1) is 16.3. The molecule has 1 aliphatic rings. The third kappa shape index (κ3) is 4.37. The molecule has 4 heteroatoms. The summed E-state index contributed by atoms with van der Waals surface area (Å²) in [5, 5.41) is 12.3. The van der Waals surface area contributed by atoms with Crippen LogP contribution in [0.3, 0.4) is 0 Å². The molecule has 1 aliphatic heterocycles. The first-order valence-electron chi connectivity index (χ1n) is 7.47. The number of aliphatic hydroxyl groups is 1. The van der Waals surface area contributed by atoms with E-state index in [4.69, 9.17) is 5.11 Å². The Morgan fingerprint density at radius 3 is 2.26 bits per heavy atom. The number of piperidine rings is 1. The van der Waals surface area contributed by atoms with Crippen molar-refractivity contribution in [2.75, 3.05) is 6.61 Å². The molecule has 0 spiro atoms. The normalized spacial score (nSPS) is 26.1. The predicted octanol–water partition coefficient (Wildman–Crippen LogP) is 2.76. The summed E-state index contributed by atoms with van der Waals surface area (Å²) in [4.78, 5) is 14.5. The van der Waals surface area contributed by atoms with Gasteiger partial charge in [0.15, 0.2) is 0 Å². The molecule has 0 aromatic rings. The van der Waals surface area contributed by atoms with E-state index in [0.29, 0.717) is 18.5 Å². The molecule has 0 aromatic carbocycles. The summed E-state index contributed by atoms with van der Waals surface area (Å²) in [6.45, 7) is 10.6. The van der Waals surface area contributed by atoms with Crippen molar-refractivity contribution in [1.29, 1.82) is 0 Å². The number of amides is 2. The lowest BCUT2D eigenvalue weighted by molar-refractivity contribution is 0.110. The van der Waals surface area contributed by atoms with E-state index in [0.717, 1.165) is 12.8 Å². The lowest BCUT2D eigenvalue weighted by Crippen LogP contribution is -2.56. The molecular weight excluding hydrogens is 240 g/mol. The number of rotatable bonds is 3. The second-order valence-corrected chi connectivity index (χ2v) is 6.92. The maximum Gasteiger partial charge on any atom is 0.318 e. The predicted molar refractivity (Wildman–Crippen MR) is 78.1 cm³/mol. The molecule has 19 heavy (non-hydrogen) atoms. The number of nitrogens with zero attached hydrogens (tertiary/aromatic N) is 1.